The van der Waals surface area contributed by atoms with Crippen LogP contribution in [0.4, 0.5) is 5.69 Å². The van der Waals surface area contributed by atoms with Gasteiger partial charge in [0.2, 0.25) is 11.8 Å². The van der Waals surface area contributed by atoms with Gasteiger partial charge in [-0.1, -0.05) is 31.5 Å². The second-order valence-electron chi connectivity index (χ2n) is 5.36. The van der Waals surface area contributed by atoms with Crippen LogP contribution in [0.3, 0.4) is 0 Å². The lowest BCUT2D eigenvalue weighted by Gasteiger charge is -2.19. The molecular weight excluding hydrogens is 254 g/mol. The summed E-state index contributed by atoms with van der Waals surface area (Å²) in [4.78, 5) is 23.7. The molecule has 0 aliphatic carbocycles. The van der Waals surface area contributed by atoms with Crippen molar-refractivity contribution < 1.29 is 9.59 Å². The third-order valence-corrected chi connectivity index (χ3v) is 3.09. The molecule has 2 atom stereocenters. The number of carbonyl (C=O) groups is 2. The van der Waals surface area contributed by atoms with Gasteiger partial charge in [-0.2, -0.15) is 0 Å². The van der Waals surface area contributed by atoms with Crippen LogP contribution >= 0.6 is 0 Å². The van der Waals surface area contributed by atoms with E-state index in [1.54, 1.807) is 6.92 Å². The van der Waals surface area contributed by atoms with Crippen molar-refractivity contribution in [2.45, 2.75) is 39.8 Å². The largest absolute Gasteiger partial charge is 0.343 e. The van der Waals surface area contributed by atoms with Gasteiger partial charge in [-0.05, 0) is 31.9 Å². The highest BCUT2D eigenvalue weighted by atomic mass is 16.2. The highest BCUT2D eigenvalue weighted by Gasteiger charge is 2.21. The SMILES string of the molecule is Cc1ccc(NC(=O)[C@@H](C)NC(=O)[C@H](N)C(C)C)cc1. The van der Waals surface area contributed by atoms with E-state index in [1.165, 1.54) is 0 Å². The van der Waals surface area contributed by atoms with Crippen LogP contribution in [0.2, 0.25) is 0 Å². The van der Waals surface area contributed by atoms with E-state index in [-0.39, 0.29) is 17.7 Å². The van der Waals surface area contributed by atoms with E-state index in [0.29, 0.717) is 5.69 Å². The van der Waals surface area contributed by atoms with E-state index < -0.39 is 12.1 Å². The van der Waals surface area contributed by atoms with Gasteiger partial charge in [0.15, 0.2) is 0 Å². The van der Waals surface area contributed by atoms with Crippen LogP contribution < -0.4 is 16.4 Å². The maximum atomic E-state index is 12.0. The van der Waals surface area contributed by atoms with E-state index in [0.717, 1.165) is 5.56 Å². The molecular formula is C15H23N3O2. The fourth-order valence-electron chi connectivity index (χ4n) is 1.57. The maximum Gasteiger partial charge on any atom is 0.246 e. The molecule has 0 saturated carbocycles. The first kappa shape index (κ1) is 16.2. The first-order valence-corrected chi connectivity index (χ1v) is 6.74. The molecule has 5 nitrogen and oxygen atoms in total. The first-order valence-electron chi connectivity index (χ1n) is 6.74. The predicted molar refractivity (Wildman–Crippen MR) is 80.2 cm³/mol. The Morgan fingerprint density at radius 1 is 1.05 bits per heavy atom. The van der Waals surface area contributed by atoms with E-state index >= 15 is 0 Å². The minimum Gasteiger partial charge on any atom is -0.343 e. The van der Waals surface area contributed by atoms with Gasteiger partial charge in [0.1, 0.15) is 6.04 Å². The number of benzene rings is 1. The van der Waals surface area contributed by atoms with Crippen molar-refractivity contribution in [3.05, 3.63) is 29.8 Å². The zero-order valence-corrected chi connectivity index (χ0v) is 12.4. The van der Waals surface area contributed by atoms with Crippen molar-refractivity contribution in [1.29, 1.82) is 0 Å². The average molecular weight is 277 g/mol. The standard InChI is InChI=1S/C15H23N3O2/c1-9(2)13(16)15(20)17-11(4)14(19)18-12-7-5-10(3)6-8-12/h5-9,11,13H,16H2,1-4H3,(H,17,20)(H,18,19)/t11-,13-/m1/s1. The Bertz CT molecular complexity index is 469. The molecule has 1 rings (SSSR count). The fourth-order valence-corrected chi connectivity index (χ4v) is 1.57. The number of amides is 2. The average Bonchev–Trinajstić information content (AvgIpc) is 2.40. The molecule has 0 heterocycles. The number of carbonyl (C=O) groups excluding carboxylic acids is 2. The summed E-state index contributed by atoms with van der Waals surface area (Å²) in [5.74, 6) is -0.549. The number of rotatable bonds is 5. The van der Waals surface area contributed by atoms with Crippen molar-refractivity contribution in [3.8, 4) is 0 Å². The normalized spacial score (nSPS) is 13.7. The zero-order valence-electron chi connectivity index (χ0n) is 12.4. The van der Waals surface area contributed by atoms with Gasteiger partial charge >= 0.3 is 0 Å². The molecule has 0 fully saturated rings. The second kappa shape index (κ2) is 7.05. The van der Waals surface area contributed by atoms with Crippen LogP contribution in [-0.4, -0.2) is 23.9 Å². The lowest BCUT2D eigenvalue weighted by molar-refractivity contribution is -0.127. The third kappa shape index (κ3) is 4.66. The van der Waals surface area contributed by atoms with E-state index in [1.807, 2.05) is 45.0 Å². The van der Waals surface area contributed by atoms with Crippen molar-refractivity contribution in [2.24, 2.45) is 11.7 Å². The molecule has 0 spiro atoms. The van der Waals surface area contributed by atoms with Gasteiger partial charge in [-0.15, -0.1) is 0 Å². The molecule has 5 heteroatoms. The van der Waals surface area contributed by atoms with Gasteiger partial charge in [-0.25, -0.2) is 0 Å². The number of nitrogens with one attached hydrogen (secondary N) is 2. The molecule has 20 heavy (non-hydrogen) atoms. The Morgan fingerprint density at radius 3 is 2.10 bits per heavy atom. The summed E-state index contributed by atoms with van der Waals surface area (Å²) in [6, 6.07) is 6.22. The maximum absolute atomic E-state index is 12.0. The lowest BCUT2D eigenvalue weighted by atomic mass is 10.0. The van der Waals surface area contributed by atoms with Gasteiger partial charge in [0.05, 0.1) is 6.04 Å². The van der Waals surface area contributed by atoms with Gasteiger partial charge in [-0.3, -0.25) is 9.59 Å². The summed E-state index contributed by atoms with van der Waals surface area (Å²) in [5, 5.41) is 5.36. The molecule has 0 aromatic heterocycles. The van der Waals surface area contributed by atoms with Crippen molar-refractivity contribution in [2.75, 3.05) is 5.32 Å². The zero-order chi connectivity index (χ0) is 15.3. The van der Waals surface area contributed by atoms with Crippen molar-refractivity contribution in [3.63, 3.8) is 0 Å². The molecule has 2 amide bonds. The quantitative estimate of drug-likeness (QED) is 0.761. The molecule has 0 aliphatic heterocycles. The van der Waals surface area contributed by atoms with Gasteiger partial charge in [0.25, 0.3) is 0 Å². The molecule has 0 unspecified atom stereocenters. The summed E-state index contributed by atoms with van der Waals surface area (Å²) in [6.45, 7) is 7.33. The number of hydrogen-bond donors (Lipinski definition) is 3. The van der Waals surface area contributed by atoms with E-state index in [2.05, 4.69) is 10.6 Å². The van der Waals surface area contributed by atoms with Crippen LogP contribution in [0.25, 0.3) is 0 Å². The molecule has 0 saturated heterocycles. The van der Waals surface area contributed by atoms with Gasteiger partial charge < -0.3 is 16.4 Å². The minimum absolute atomic E-state index is 0.0300. The number of nitrogens with two attached hydrogens (primary N) is 1. The van der Waals surface area contributed by atoms with Crippen LogP contribution in [0, 0.1) is 12.8 Å². The number of anilines is 1. The predicted octanol–water partition coefficient (Wildman–Crippen LogP) is 1.42. The Labute approximate surface area is 119 Å². The van der Waals surface area contributed by atoms with Crippen molar-refractivity contribution in [1.82, 2.24) is 5.32 Å². The highest BCUT2D eigenvalue weighted by Crippen LogP contribution is 2.09. The lowest BCUT2D eigenvalue weighted by Crippen LogP contribution is -2.50. The topological polar surface area (TPSA) is 84.2 Å². The molecule has 0 bridgehead atoms. The van der Waals surface area contributed by atoms with Crippen LogP contribution in [0.15, 0.2) is 24.3 Å². The summed E-state index contributed by atoms with van der Waals surface area (Å²) < 4.78 is 0. The minimum atomic E-state index is -0.631. The molecule has 1 aromatic rings. The van der Waals surface area contributed by atoms with Crippen LogP contribution in [0.5, 0.6) is 0 Å². The molecule has 0 aliphatic rings. The highest BCUT2D eigenvalue weighted by molar-refractivity contribution is 5.97. The van der Waals surface area contributed by atoms with E-state index in [9.17, 15) is 9.59 Å². The summed E-state index contributed by atoms with van der Waals surface area (Å²) in [6.07, 6.45) is 0. The molecule has 1 aromatic carbocycles. The summed E-state index contributed by atoms with van der Waals surface area (Å²) in [5.41, 5.74) is 7.56. The van der Waals surface area contributed by atoms with Gasteiger partial charge in [0, 0.05) is 5.69 Å². The first-order chi connectivity index (χ1) is 9.31. The Kier molecular flexibility index (Phi) is 5.70. The van der Waals surface area contributed by atoms with E-state index in [4.69, 9.17) is 5.73 Å². The van der Waals surface area contributed by atoms with Crippen LogP contribution in [0.1, 0.15) is 26.3 Å². The third-order valence-electron chi connectivity index (χ3n) is 3.09. The van der Waals surface area contributed by atoms with Crippen LogP contribution in [-0.2, 0) is 9.59 Å². The Morgan fingerprint density at radius 2 is 1.60 bits per heavy atom. The Hall–Kier alpha value is -1.88. The molecule has 110 valence electrons. The van der Waals surface area contributed by atoms with Crippen molar-refractivity contribution >= 4 is 17.5 Å². The fraction of sp³-hybridized carbons (Fsp3) is 0.467. The Balaban J connectivity index is 2.55. The summed E-state index contributed by atoms with van der Waals surface area (Å²) >= 11 is 0. The monoisotopic (exact) mass is 277 g/mol. The molecule has 4 N–H and O–H groups in total. The molecule has 0 radical (unpaired) electrons. The summed E-state index contributed by atoms with van der Waals surface area (Å²) in [7, 11) is 0. The number of hydrogen-bond acceptors (Lipinski definition) is 3. The smallest absolute Gasteiger partial charge is 0.246 e. The number of aryl methyl sites for hydroxylation is 1. The second-order valence-corrected chi connectivity index (χ2v) is 5.36.